The summed E-state index contributed by atoms with van der Waals surface area (Å²) in [6.07, 6.45) is 7.03. The third-order valence-electron chi connectivity index (χ3n) is 3.96. The summed E-state index contributed by atoms with van der Waals surface area (Å²) in [4.78, 5) is 4.40. The Labute approximate surface area is 119 Å². The van der Waals surface area contributed by atoms with Gasteiger partial charge in [-0.05, 0) is 44.2 Å². The molecule has 4 heteroatoms. The molecular formula is C16H21FN2O. The summed E-state index contributed by atoms with van der Waals surface area (Å²) in [5, 5.41) is 3.18. The molecule has 3 rings (SSSR count). The largest absolute Gasteiger partial charge is 0.490 e. The zero-order valence-corrected chi connectivity index (χ0v) is 11.7. The smallest absolute Gasteiger partial charge is 0.137 e. The second kappa shape index (κ2) is 6.25. The van der Waals surface area contributed by atoms with E-state index >= 15 is 0 Å². The van der Waals surface area contributed by atoms with Gasteiger partial charge >= 0.3 is 0 Å². The maximum Gasteiger partial charge on any atom is 0.137 e. The number of hydrogen-bond donors (Lipinski definition) is 1. The molecule has 0 atom stereocenters. The SMILES string of the molecule is Fc1cccc(OC2CCCCC2)c1C1=NCCCN1. The van der Waals surface area contributed by atoms with Crippen LogP contribution in [0.3, 0.4) is 0 Å². The van der Waals surface area contributed by atoms with Crippen LogP contribution >= 0.6 is 0 Å². The average Bonchev–Trinajstić information content (AvgIpc) is 2.49. The van der Waals surface area contributed by atoms with E-state index in [0.29, 0.717) is 17.1 Å². The van der Waals surface area contributed by atoms with E-state index in [1.54, 1.807) is 6.07 Å². The zero-order valence-electron chi connectivity index (χ0n) is 11.7. The van der Waals surface area contributed by atoms with Crippen LogP contribution in [0.4, 0.5) is 4.39 Å². The first-order valence-corrected chi connectivity index (χ1v) is 7.58. The molecule has 20 heavy (non-hydrogen) atoms. The molecule has 1 heterocycles. The molecule has 0 unspecified atom stereocenters. The van der Waals surface area contributed by atoms with E-state index in [-0.39, 0.29) is 11.9 Å². The lowest BCUT2D eigenvalue weighted by Crippen LogP contribution is -2.32. The second-order valence-corrected chi connectivity index (χ2v) is 5.50. The molecule has 1 fully saturated rings. The number of halogens is 1. The summed E-state index contributed by atoms with van der Waals surface area (Å²) in [6.45, 7) is 1.59. The number of nitrogens with zero attached hydrogens (tertiary/aromatic N) is 1. The minimum Gasteiger partial charge on any atom is -0.490 e. The zero-order chi connectivity index (χ0) is 13.8. The molecule has 0 spiro atoms. The van der Waals surface area contributed by atoms with Gasteiger partial charge in [0.15, 0.2) is 0 Å². The van der Waals surface area contributed by atoms with Crippen molar-refractivity contribution in [3.8, 4) is 5.75 Å². The van der Waals surface area contributed by atoms with Crippen molar-refractivity contribution >= 4 is 5.84 Å². The first-order chi connectivity index (χ1) is 9.84. The van der Waals surface area contributed by atoms with E-state index in [2.05, 4.69) is 10.3 Å². The van der Waals surface area contributed by atoms with Crippen LogP contribution in [-0.4, -0.2) is 25.0 Å². The summed E-state index contributed by atoms with van der Waals surface area (Å²) in [5.41, 5.74) is 0.498. The predicted molar refractivity (Wildman–Crippen MR) is 77.9 cm³/mol. The minimum atomic E-state index is -0.258. The van der Waals surface area contributed by atoms with Crippen LogP contribution < -0.4 is 10.1 Å². The van der Waals surface area contributed by atoms with Gasteiger partial charge in [-0.15, -0.1) is 0 Å². The van der Waals surface area contributed by atoms with Gasteiger partial charge in [-0.25, -0.2) is 4.39 Å². The highest BCUT2D eigenvalue weighted by Crippen LogP contribution is 2.28. The monoisotopic (exact) mass is 276 g/mol. The van der Waals surface area contributed by atoms with Gasteiger partial charge in [0.25, 0.3) is 0 Å². The molecule has 3 nitrogen and oxygen atoms in total. The van der Waals surface area contributed by atoms with Crippen LogP contribution in [0.25, 0.3) is 0 Å². The maximum absolute atomic E-state index is 14.2. The van der Waals surface area contributed by atoms with E-state index in [4.69, 9.17) is 4.74 Å². The molecule has 1 N–H and O–H groups in total. The van der Waals surface area contributed by atoms with Crippen LogP contribution in [0, 0.1) is 5.82 Å². The van der Waals surface area contributed by atoms with Crippen LogP contribution in [0.2, 0.25) is 0 Å². The number of aliphatic imine (C=N–C) groups is 1. The summed E-state index contributed by atoms with van der Waals surface area (Å²) in [6, 6.07) is 5.04. The Hall–Kier alpha value is -1.58. The average molecular weight is 276 g/mol. The van der Waals surface area contributed by atoms with Gasteiger partial charge in [-0.2, -0.15) is 0 Å². The highest BCUT2D eigenvalue weighted by molar-refractivity contribution is 6.01. The number of nitrogens with one attached hydrogen (secondary N) is 1. The lowest BCUT2D eigenvalue weighted by Gasteiger charge is -2.25. The molecule has 0 radical (unpaired) electrons. The lowest BCUT2D eigenvalue weighted by atomic mass is 9.97. The van der Waals surface area contributed by atoms with Crippen molar-refractivity contribution in [3.05, 3.63) is 29.6 Å². The van der Waals surface area contributed by atoms with Gasteiger partial charge in [-0.1, -0.05) is 12.5 Å². The number of amidine groups is 1. The lowest BCUT2D eigenvalue weighted by molar-refractivity contribution is 0.154. The summed E-state index contributed by atoms with van der Waals surface area (Å²) in [7, 11) is 0. The van der Waals surface area contributed by atoms with E-state index < -0.39 is 0 Å². The van der Waals surface area contributed by atoms with Crippen LogP contribution in [-0.2, 0) is 0 Å². The van der Waals surface area contributed by atoms with Gasteiger partial charge in [0, 0.05) is 13.1 Å². The first kappa shape index (κ1) is 13.4. The van der Waals surface area contributed by atoms with Crippen LogP contribution in [0.15, 0.2) is 23.2 Å². The Morgan fingerprint density at radius 3 is 2.75 bits per heavy atom. The number of rotatable bonds is 3. The van der Waals surface area contributed by atoms with E-state index in [0.717, 1.165) is 32.4 Å². The Morgan fingerprint density at radius 1 is 1.15 bits per heavy atom. The summed E-state index contributed by atoms with van der Waals surface area (Å²) >= 11 is 0. The van der Waals surface area contributed by atoms with Crippen molar-refractivity contribution in [1.29, 1.82) is 0 Å². The third kappa shape index (κ3) is 2.94. The third-order valence-corrected chi connectivity index (χ3v) is 3.96. The topological polar surface area (TPSA) is 33.6 Å². The van der Waals surface area contributed by atoms with Crippen molar-refractivity contribution in [1.82, 2.24) is 5.32 Å². The van der Waals surface area contributed by atoms with Crippen LogP contribution in [0.1, 0.15) is 44.1 Å². The van der Waals surface area contributed by atoms with Gasteiger partial charge in [0.2, 0.25) is 0 Å². The predicted octanol–water partition coefficient (Wildman–Crippen LogP) is 3.28. The first-order valence-electron chi connectivity index (χ1n) is 7.58. The Balaban J connectivity index is 1.85. The fourth-order valence-electron chi connectivity index (χ4n) is 2.89. The fourth-order valence-corrected chi connectivity index (χ4v) is 2.89. The molecule has 1 aliphatic heterocycles. The van der Waals surface area contributed by atoms with Gasteiger partial charge < -0.3 is 10.1 Å². The molecular weight excluding hydrogens is 255 g/mol. The number of benzene rings is 1. The minimum absolute atomic E-state index is 0.216. The van der Waals surface area contributed by atoms with Gasteiger partial charge in [0.05, 0.1) is 11.7 Å². The summed E-state index contributed by atoms with van der Waals surface area (Å²) in [5.74, 6) is 1.01. The van der Waals surface area contributed by atoms with E-state index in [1.165, 1.54) is 25.3 Å². The Morgan fingerprint density at radius 2 is 2.00 bits per heavy atom. The molecule has 1 aromatic rings. The van der Waals surface area contributed by atoms with Crippen molar-refractivity contribution < 1.29 is 9.13 Å². The molecule has 1 saturated carbocycles. The summed E-state index contributed by atoms with van der Waals surface area (Å²) < 4.78 is 20.2. The number of hydrogen-bond acceptors (Lipinski definition) is 3. The molecule has 1 aliphatic carbocycles. The highest BCUT2D eigenvalue weighted by Gasteiger charge is 2.21. The molecule has 0 bridgehead atoms. The van der Waals surface area contributed by atoms with Crippen molar-refractivity contribution in [2.75, 3.05) is 13.1 Å². The van der Waals surface area contributed by atoms with Crippen molar-refractivity contribution in [3.63, 3.8) is 0 Å². The highest BCUT2D eigenvalue weighted by atomic mass is 19.1. The molecule has 1 aromatic carbocycles. The number of ether oxygens (including phenoxy) is 1. The van der Waals surface area contributed by atoms with Crippen molar-refractivity contribution in [2.24, 2.45) is 4.99 Å². The molecule has 0 aromatic heterocycles. The molecule has 2 aliphatic rings. The molecule has 0 saturated heterocycles. The fraction of sp³-hybridized carbons (Fsp3) is 0.562. The van der Waals surface area contributed by atoms with Gasteiger partial charge in [0.1, 0.15) is 17.4 Å². The quantitative estimate of drug-likeness (QED) is 0.919. The molecule has 0 amide bonds. The van der Waals surface area contributed by atoms with Crippen molar-refractivity contribution in [2.45, 2.75) is 44.6 Å². The Kier molecular flexibility index (Phi) is 4.19. The maximum atomic E-state index is 14.2. The standard InChI is InChI=1S/C16H21FN2O/c17-13-8-4-9-14(20-12-6-2-1-3-7-12)15(13)16-18-10-5-11-19-16/h4,8-9,12H,1-3,5-7,10-11H2,(H,18,19). The van der Waals surface area contributed by atoms with E-state index in [9.17, 15) is 4.39 Å². The van der Waals surface area contributed by atoms with E-state index in [1.807, 2.05) is 6.07 Å². The Bertz CT molecular complexity index is 495. The van der Waals surface area contributed by atoms with Gasteiger partial charge in [-0.3, -0.25) is 4.99 Å². The molecule has 108 valence electrons. The van der Waals surface area contributed by atoms with Crippen LogP contribution in [0.5, 0.6) is 5.75 Å². The normalized spacial score (nSPS) is 20.1. The second-order valence-electron chi connectivity index (χ2n) is 5.50.